The molecule has 8 heteroatoms. The van der Waals surface area contributed by atoms with E-state index in [0.29, 0.717) is 27.2 Å². The molecule has 0 bridgehead atoms. The normalized spacial score (nSPS) is 10.4. The van der Waals surface area contributed by atoms with Gasteiger partial charge in [0, 0.05) is 34.2 Å². The number of anilines is 1. The third-order valence-corrected chi connectivity index (χ3v) is 4.09. The Labute approximate surface area is 172 Å². The molecule has 0 atom stereocenters. The molecule has 0 unspecified atom stereocenters. The number of amides is 1. The minimum Gasteiger partial charge on any atom is -0.482 e. The average Bonchev–Trinajstić information content (AvgIpc) is 2.62. The van der Waals surface area contributed by atoms with Crippen LogP contribution in [0.2, 0.25) is 10.0 Å². The Morgan fingerprint density at radius 1 is 1.04 bits per heavy atom. The smallest absolute Gasteiger partial charge is 0.322 e. The third-order valence-electron chi connectivity index (χ3n) is 3.54. The van der Waals surface area contributed by atoms with E-state index in [1.165, 1.54) is 0 Å². The van der Waals surface area contributed by atoms with Crippen molar-refractivity contribution in [3.8, 4) is 17.5 Å². The number of benzene rings is 2. The minimum absolute atomic E-state index is 0.217. The monoisotopic (exact) mass is 417 g/mol. The Balaban J connectivity index is 1.62. The Kier molecular flexibility index (Phi) is 6.34. The number of aromatic nitrogens is 2. The molecule has 0 aliphatic carbocycles. The Bertz CT molecular complexity index is 991. The predicted molar refractivity (Wildman–Crippen MR) is 109 cm³/mol. The summed E-state index contributed by atoms with van der Waals surface area (Å²) in [6.07, 6.45) is 0. The second kappa shape index (κ2) is 8.91. The molecule has 0 aliphatic rings. The highest BCUT2D eigenvalue weighted by atomic mass is 35.5. The number of ether oxygens (including phenoxy) is 2. The maximum Gasteiger partial charge on any atom is 0.322 e. The maximum atomic E-state index is 12.2. The van der Waals surface area contributed by atoms with Crippen molar-refractivity contribution in [3.05, 3.63) is 70.0 Å². The number of halogens is 2. The predicted octanol–water partition coefficient (Wildman–Crippen LogP) is 5.21. The molecule has 0 fully saturated rings. The molecule has 28 heavy (non-hydrogen) atoms. The van der Waals surface area contributed by atoms with Gasteiger partial charge in [0.2, 0.25) is 0 Å². The summed E-state index contributed by atoms with van der Waals surface area (Å²) >= 11 is 11.9. The van der Waals surface area contributed by atoms with Crippen LogP contribution in [0.1, 0.15) is 11.4 Å². The van der Waals surface area contributed by atoms with E-state index in [1.54, 1.807) is 42.5 Å². The largest absolute Gasteiger partial charge is 0.482 e. The van der Waals surface area contributed by atoms with Crippen LogP contribution in [0.3, 0.4) is 0 Å². The van der Waals surface area contributed by atoms with Crippen LogP contribution in [0.4, 0.5) is 5.69 Å². The van der Waals surface area contributed by atoms with Gasteiger partial charge in [0.05, 0.1) is 5.02 Å². The van der Waals surface area contributed by atoms with Crippen molar-refractivity contribution in [3.63, 3.8) is 0 Å². The first kappa shape index (κ1) is 19.9. The summed E-state index contributed by atoms with van der Waals surface area (Å²) in [5, 5.41) is 3.58. The summed E-state index contributed by atoms with van der Waals surface area (Å²) in [5.74, 6) is 0.491. The minimum atomic E-state index is -0.351. The molecule has 0 saturated heterocycles. The van der Waals surface area contributed by atoms with Crippen LogP contribution in [0.25, 0.3) is 0 Å². The van der Waals surface area contributed by atoms with E-state index in [4.69, 9.17) is 32.7 Å². The van der Waals surface area contributed by atoms with Crippen molar-refractivity contribution >= 4 is 34.8 Å². The molecule has 1 heterocycles. The lowest BCUT2D eigenvalue weighted by Crippen LogP contribution is -2.20. The molecule has 0 radical (unpaired) electrons. The molecule has 3 rings (SSSR count). The second-order valence-electron chi connectivity index (χ2n) is 5.97. The number of hydrogen-bond donors (Lipinski definition) is 1. The van der Waals surface area contributed by atoms with Gasteiger partial charge in [-0.25, -0.2) is 9.97 Å². The maximum absolute atomic E-state index is 12.2. The van der Waals surface area contributed by atoms with Gasteiger partial charge in [-0.15, -0.1) is 0 Å². The molecule has 2 aromatic carbocycles. The Morgan fingerprint density at radius 2 is 1.79 bits per heavy atom. The highest BCUT2D eigenvalue weighted by molar-refractivity contribution is 6.34. The lowest BCUT2D eigenvalue weighted by atomic mass is 10.3. The van der Waals surface area contributed by atoms with E-state index in [0.717, 1.165) is 11.4 Å². The van der Waals surface area contributed by atoms with Crippen molar-refractivity contribution in [2.75, 3.05) is 11.9 Å². The summed E-state index contributed by atoms with van der Waals surface area (Å²) in [7, 11) is 0. The van der Waals surface area contributed by atoms with Gasteiger partial charge >= 0.3 is 6.01 Å². The summed E-state index contributed by atoms with van der Waals surface area (Å²) in [4.78, 5) is 20.6. The van der Waals surface area contributed by atoms with Crippen molar-refractivity contribution in [2.24, 2.45) is 0 Å². The van der Waals surface area contributed by atoms with E-state index < -0.39 is 0 Å². The zero-order chi connectivity index (χ0) is 20.1. The van der Waals surface area contributed by atoms with Crippen LogP contribution in [-0.4, -0.2) is 22.5 Å². The molecule has 0 aliphatic heterocycles. The molecule has 6 nitrogen and oxygen atoms in total. The van der Waals surface area contributed by atoms with Gasteiger partial charge in [-0.05, 0) is 44.2 Å². The zero-order valence-corrected chi connectivity index (χ0v) is 16.7. The van der Waals surface area contributed by atoms with Gasteiger partial charge in [0.25, 0.3) is 5.91 Å². The lowest BCUT2D eigenvalue weighted by Gasteiger charge is -2.10. The number of aryl methyl sites for hydroxylation is 2. The summed E-state index contributed by atoms with van der Waals surface area (Å²) < 4.78 is 11.1. The average molecular weight is 418 g/mol. The first-order valence-corrected chi connectivity index (χ1v) is 9.12. The van der Waals surface area contributed by atoms with Gasteiger partial charge in [-0.1, -0.05) is 29.3 Å². The van der Waals surface area contributed by atoms with Gasteiger partial charge in [-0.2, -0.15) is 0 Å². The van der Waals surface area contributed by atoms with Crippen LogP contribution in [-0.2, 0) is 4.79 Å². The molecular weight excluding hydrogens is 401 g/mol. The molecule has 1 aromatic heterocycles. The molecular formula is C20H17Cl2N3O3. The van der Waals surface area contributed by atoms with Gasteiger partial charge in [-0.3, -0.25) is 4.79 Å². The van der Waals surface area contributed by atoms with Crippen LogP contribution < -0.4 is 14.8 Å². The van der Waals surface area contributed by atoms with Gasteiger partial charge in [0.1, 0.15) is 11.5 Å². The van der Waals surface area contributed by atoms with Crippen LogP contribution >= 0.6 is 23.2 Å². The fourth-order valence-corrected chi connectivity index (χ4v) is 2.74. The zero-order valence-electron chi connectivity index (χ0n) is 15.2. The van der Waals surface area contributed by atoms with E-state index in [9.17, 15) is 4.79 Å². The van der Waals surface area contributed by atoms with Gasteiger partial charge < -0.3 is 14.8 Å². The number of carbonyl (C=O) groups is 1. The third kappa shape index (κ3) is 5.58. The van der Waals surface area contributed by atoms with E-state index in [1.807, 2.05) is 19.9 Å². The Morgan fingerprint density at radius 3 is 2.54 bits per heavy atom. The Hall–Kier alpha value is -2.83. The topological polar surface area (TPSA) is 73.3 Å². The first-order chi connectivity index (χ1) is 13.4. The number of nitrogens with zero attached hydrogens (tertiary/aromatic N) is 2. The van der Waals surface area contributed by atoms with Crippen LogP contribution in [0.5, 0.6) is 17.5 Å². The van der Waals surface area contributed by atoms with Crippen molar-refractivity contribution in [1.82, 2.24) is 9.97 Å². The standard InChI is InChI=1S/C20H17Cl2N3O3/c1-12-8-13(2)24-20(23-12)28-16-5-3-4-15(10-16)25-19(26)11-27-18-9-14(21)6-7-17(18)22/h3-10H,11H2,1-2H3,(H,25,26). The second-order valence-corrected chi connectivity index (χ2v) is 6.82. The summed E-state index contributed by atoms with van der Waals surface area (Å²) in [6.45, 7) is 3.51. The molecule has 144 valence electrons. The molecule has 3 aromatic rings. The van der Waals surface area contributed by atoms with E-state index in [-0.39, 0.29) is 18.5 Å². The molecule has 1 N–H and O–H groups in total. The van der Waals surface area contributed by atoms with Gasteiger partial charge in [0.15, 0.2) is 6.61 Å². The van der Waals surface area contributed by atoms with Crippen molar-refractivity contribution in [2.45, 2.75) is 13.8 Å². The highest BCUT2D eigenvalue weighted by Gasteiger charge is 2.09. The fraction of sp³-hybridized carbons (Fsp3) is 0.150. The van der Waals surface area contributed by atoms with Crippen LogP contribution in [0.15, 0.2) is 48.5 Å². The molecule has 1 amide bonds. The lowest BCUT2D eigenvalue weighted by molar-refractivity contribution is -0.118. The van der Waals surface area contributed by atoms with E-state index in [2.05, 4.69) is 15.3 Å². The van der Waals surface area contributed by atoms with Crippen molar-refractivity contribution in [1.29, 1.82) is 0 Å². The molecule has 0 saturated carbocycles. The van der Waals surface area contributed by atoms with Crippen LogP contribution in [0, 0.1) is 13.8 Å². The van der Waals surface area contributed by atoms with E-state index >= 15 is 0 Å². The fourth-order valence-electron chi connectivity index (χ4n) is 2.41. The number of carbonyl (C=O) groups excluding carboxylic acids is 1. The number of nitrogens with one attached hydrogen (secondary N) is 1. The summed E-state index contributed by atoms with van der Waals surface area (Å²) in [6, 6.07) is 13.8. The quantitative estimate of drug-likeness (QED) is 0.595. The SMILES string of the molecule is Cc1cc(C)nc(Oc2cccc(NC(=O)COc3cc(Cl)ccc3Cl)c2)n1. The number of rotatable bonds is 6. The first-order valence-electron chi connectivity index (χ1n) is 8.37. The summed E-state index contributed by atoms with van der Waals surface area (Å²) in [5.41, 5.74) is 2.17. The van der Waals surface area contributed by atoms with Crippen molar-refractivity contribution < 1.29 is 14.3 Å². The number of hydrogen-bond acceptors (Lipinski definition) is 5. The molecule has 0 spiro atoms. The highest BCUT2D eigenvalue weighted by Crippen LogP contribution is 2.27.